The monoisotopic (exact) mass is 540 g/mol. The third kappa shape index (κ3) is 6.52. The predicted molar refractivity (Wildman–Crippen MR) is 142 cm³/mol. The number of aryl methyl sites for hydroxylation is 1. The van der Waals surface area contributed by atoms with E-state index in [0.717, 1.165) is 17.0 Å². The fourth-order valence-electron chi connectivity index (χ4n) is 3.67. The first-order valence-electron chi connectivity index (χ1n) is 11.3. The van der Waals surface area contributed by atoms with E-state index in [0.29, 0.717) is 39.7 Å². The van der Waals surface area contributed by atoms with Crippen LogP contribution >= 0.6 is 23.4 Å². The van der Waals surface area contributed by atoms with Crippen LogP contribution in [0.25, 0.3) is 5.69 Å². The van der Waals surface area contributed by atoms with Crippen LogP contribution in [0, 0.1) is 17.0 Å². The fraction of sp³-hybridized carbons (Fsp3) is 0.231. The molecule has 0 radical (unpaired) electrons. The Bertz CT molecular complexity index is 1360. The Kier molecular flexibility index (Phi) is 8.52. The summed E-state index contributed by atoms with van der Waals surface area (Å²) in [4.78, 5) is 11.2. The molecule has 37 heavy (non-hydrogen) atoms. The molecule has 0 aliphatic heterocycles. The molecule has 0 saturated carbocycles. The second-order valence-corrected chi connectivity index (χ2v) is 9.62. The highest BCUT2D eigenvalue weighted by molar-refractivity contribution is 7.99. The lowest BCUT2D eigenvalue weighted by Gasteiger charge is -2.17. The molecular formula is C26H25ClN4O5S. The van der Waals surface area contributed by atoms with Gasteiger partial charge in [-0.3, -0.25) is 14.7 Å². The minimum atomic E-state index is -0.546. The van der Waals surface area contributed by atoms with Crippen LogP contribution in [0.2, 0.25) is 5.02 Å². The van der Waals surface area contributed by atoms with Crippen molar-refractivity contribution >= 4 is 23.4 Å². The van der Waals surface area contributed by atoms with Crippen molar-refractivity contribution in [2.24, 2.45) is 0 Å². The number of hydrogen-bond acceptors (Lipinski definition) is 8. The van der Waals surface area contributed by atoms with E-state index in [4.69, 9.17) is 25.8 Å². The molecule has 0 unspecified atom stereocenters. The summed E-state index contributed by atoms with van der Waals surface area (Å²) in [5, 5.41) is 20.7. The van der Waals surface area contributed by atoms with Gasteiger partial charge in [0.05, 0.1) is 14.2 Å². The topological polar surface area (TPSA) is 102 Å². The Morgan fingerprint density at radius 2 is 1.73 bits per heavy atom. The van der Waals surface area contributed by atoms with E-state index < -0.39 is 5.25 Å². The summed E-state index contributed by atoms with van der Waals surface area (Å²) >= 11 is 7.22. The Balaban J connectivity index is 1.59. The number of halogens is 1. The van der Waals surface area contributed by atoms with Gasteiger partial charge in [0.1, 0.15) is 23.4 Å². The molecule has 0 aliphatic rings. The maximum absolute atomic E-state index is 11.6. The maximum atomic E-state index is 11.6. The number of thioether (sulfide) groups is 1. The molecule has 0 aliphatic carbocycles. The van der Waals surface area contributed by atoms with Gasteiger partial charge in [0.15, 0.2) is 16.7 Å². The number of methoxy groups -OCH3 is 2. The van der Waals surface area contributed by atoms with Crippen molar-refractivity contribution in [1.82, 2.24) is 14.8 Å². The summed E-state index contributed by atoms with van der Waals surface area (Å²) in [5.74, 6) is 2.40. The highest BCUT2D eigenvalue weighted by Crippen LogP contribution is 2.39. The van der Waals surface area contributed by atoms with Gasteiger partial charge in [-0.2, -0.15) is 0 Å². The molecule has 0 saturated heterocycles. The number of hydrogen-bond donors (Lipinski definition) is 0. The first-order chi connectivity index (χ1) is 17.9. The van der Waals surface area contributed by atoms with E-state index in [-0.39, 0.29) is 11.5 Å². The third-order valence-electron chi connectivity index (χ3n) is 5.56. The second-order valence-electron chi connectivity index (χ2n) is 8.01. The standard InChI is InChI=1S/C26H25ClN4O5S/c1-17-28-29-26(31(17)21-9-11-22(34-2)12-10-21)37-25(15-30(32)33)19-6-13-23(24(14-19)35-3)36-16-18-4-7-20(27)8-5-18/h4-14,25H,15-16H2,1-3H3/t25-/m1/s1. The zero-order valence-corrected chi connectivity index (χ0v) is 22.0. The molecule has 0 fully saturated rings. The Hall–Kier alpha value is -3.76. The number of benzene rings is 3. The number of rotatable bonds is 11. The molecule has 0 N–H and O–H groups in total. The Morgan fingerprint density at radius 3 is 2.38 bits per heavy atom. The van der Waals surface area contributed by atoms with Crippen LogP contribution in [-0.2, 0) is 6.61 Å². The van der Waals surface area contributed by atoms with Crippen molar-refractivity contribution in [1.29, 1.82) is 0 Å². The molecule has 3 aromatic carbocycles. The SMILES string of the molecule is COc1ccc(-n2c(C)nnc2S[C@H](C[N+](=O)[O-])c2ccc(OCc3ccc(Cl)cc3)c(OC)c2)cc1. The molecule has 11 heteroatoms. The minimum absolute atomic E-state index is 0.312. The van der Waals surface area contributed by atoms with Crippen molar-refractivity contribution in [3.63, 3.8) is 0 Å². The van der Waals surface area contributed by atoms with Crippen molar-refractivity contribution < 1.29 is 19.1 Å². The summed E-state index contributed by atoms with van der Waals surface area (Å²) in [5.41, 5.74) is 2.49. The van der Waals surface area contributed by atoms with Gasteiger partial charge in [-0.05, 0) is 66.6 Å². The van der Waals surface area contributed by atoms with E-state index in [1.165, 1.54) is 18.9 Å². The Morgan fingerprint density at radius 1 is 1.00 bits per heavy atom. The summed E-state index contributed by atoms with van der Waals surface area (Å²) in [6, 6.07) is 20.1. The maximum Gasteiger partial charge on any atom is 0.220 e. The van der Waals surface area contributed by atoms with Crippen LogP contribution in [0.3, 0.4) is 0 Å². The normalized spacial score (nSPS) is 11.7. The van der Waals surface area contributed by atoms with Crippen LogP contribution in [0.5, 0.6) is 17.2 Å². The van der Waals surface area contributed by atoms with E-state index >= 15 is 0 Å². The second kappa shape index (κ2) is 12.0. The van der Waals surface area contributed by atoms with E-state index in [9.17, 15) is 10.1 Å². The smallest absolute Gasteiger partial charge is 0.220 e. The minimum Gasteiger partial charge on any atom is -0.497 e. The van der Waals surface area contributed by atoms with Crippen LogP contribution in [0.1, 0.15) is 22.2 Å². The van der Waals surface area contributed by atoms with Gasteiger partial charge in [0.2, 0.25) is 6.54 Å². The molecule has 1 aromatic heterocycles. The van der Waals surface area contributed by atoms with Crippen LogP contribution < -0.4 is 14.2 Å². The fourth-order valence-corrected chi connectivity index (χ4v) is 4.96. The molecular weight excluding hydrogens is 516 g/mol. The lowest BCUT2D eigenvalue weighted by molar-refractivity contribution is -0.479. The summed E-state index contributed by atoms with van der Waals surface area (Å²) < 4.78 is 18.6. The largest absolute Gasteiger partial charge is 0.497 e. The van der Waals surface area contributed by atoms with Gasteiger partial charge in [-0.1, -0.05) is 41.6 Å². The van der Waals surface area contributed by atoms with Gasteiger partial charge in [0, 0.05) is 15.6 Å². The van der Waals surface area contributed by atoms with Gasteiger partial charge in [-0.25, -0.2) is 0 Å². The van der Waals surface area contributed by atoms with Gasteiger partial charge in [-0.15, -0.1) is 10.2 Å². The molecule has 0 amide bonds. The highest BCUT2D eigenvalue weighted by atomic mass is 35.5. The van der Waals surface area contributed by atoms with Crippen molar-refractivity contribution in [3.8, 4) is 22.9 Å². The number of nitro groups is 1. The summed E-state index contributed by atoms with van der Waals surface area (Å²) in [6.45, 7) is 1.84. The summed E-state index contributed by atoms with van der Waals surface area (Å²) in [7, 11) is 3.14. The molecule has 1 heterocycles. The highest BCUT2D eigenvalue weighted by Gasteiger charge is 2.25. The quantitative estimate of drug-likeness (QED) is 0.131. The average molecular weight is 541 g/mol. The van der Waals surface area contributed by atoms with E-state index in [1.807, 2.05) is 54.0 Å². The third-order valence-corrected chi connectivity index (χ3v) is 6.99. The molecule has 192 valence electrons. The summed E-state index contributed by atoms with van der Waals surface area (Å²) in [6.07, 6.45) is 0. The van der Waals surface area contributed by atoms with Crippen molar-refractivity contribution in [2.75, 3.05) is 20.8 Å². The molecule has 4 aromatic rings. The molecule has 0 spiro atoms. The Labute approximate surface area is 223 Å². The van der Waals surface area contributed by atoms with Crippen LogP contribution in [0.4, 0.5) is 0 Å². The van der Waals surface area contributed by atoms with Gasteiger partial charge < -0.3 is 14.2 Å². The van der Waals surface area contributed by atoms with Crippen molar-refractivity contribution in [3.05, 3.63) is 98.8 Å². The number of ether oxygens (including phenoxy) is 3. The first kappa shape index (κ1) is 26.3. The number of aromatic nitrogens is 3. The first-order valence-corrected chi connectivity index (χ1v) is 12.5. The predicted octanol–water partition coefficient (Wildman–Crippen LogP) is 5.94. The van der Waals surface area contributed by atoms with Crippen molar-refractivity contribution in [2.45, 2.75) is 23.9 Å². The molecule has 1 atom stereocenters. The average Bonchev–Trinajstić information content (AvgIpc) is 3.27. The van der Waals surface area contributed by atoms with E-state index in [1.54, 1.807) is 31.4 Å². The lowest BCUT2D eigenvalue weighted by Crippen LogP contribution is -2.11. The van der Waals surface area contributed by atoms with Gasteiger partial charge >= 0.3 is 0 Å². The van der Waals surface area contributed by atoms with Gasteiger partial charge in [0.25, 0.3) is 0 Å². The lowest BCUT2D eigenvalue weighted by atomic mass is 10.1. The van der Waals surface area contributed by atoms with Crippen LogP contribution in [-0.4, -0.2) is 40.5 Å². The molecule has 0 bridgehead atoms. The number of nitrogens with zero attached hydrogens (tertiary/aromatic N) is 4. The molecule has 4 rings (SSSR count). The zero-order valence-electron chi connectivity index (χ0n) is 20.5. The zero-order chi connectivity index (χ0) is 26.4. The van der Waals surface area contributed by atoms with Crippen LogP contribution in [0.15, 0.2) is 71.9 Å². The molecule has 9 nitrogen and oxygen atoms in total. The van der Waals surface area contributed by atoms with E-state index in [2.05, 4.69) is 10.2 Å².